The Balaban J connectivity index is 2.87. The van der Waals surface area contributed by atoms with Crippen molar-refractivity contribution >= 4 is 5.84 Å². The summed E-state index contributed by atoms with van der Waals surface area (Å²) in [4.78, 5) is 4.02. The number of aromatic nitrogens is 1. The van der Waals surface area contributed by atoms with Gasteiger partial charge in [-0.3, -0.25) is 0 Å². The molecule has 5 nitrogen and oxygen atoms in total. The second-order valence-electron chi connectivity index (χ2n) is 3.55. The van der Waals surface area contributed by atoms with Gasteiger partial charge in [-0.2, -0.15) is 0 Å². The van der Waals surface area contributed by atoms with E-state index in [2.05, 4.69) is 17.1 Å². The summed E-state index contributed by atoms with van der Waals surface area (Å²) in [5, 5.41) is 11.5. The van der Waals surface area contributed by atoms with Gasteiger partial charge in [-0.25, -0.2) is 4.98 Å². The fourth-order valence-corrected chi connectivity index (χ4v) is 1.41. The number of hydrogen-bond acceptors (Lipinski definition) is 4. The van der Waals surface area contributed by atoms with E-state index in [1.165, 1.54) is 0 Å². The number of ether oxygens (including phenoxy) is 1. The molecule has 0 saturated carbocycles. The molecule has 0 saturated heterocycles. The van der Waals surface area contributed by atoms with Crippen LogP contribution in [0.2, 0.25) is 0 Å². The van der Waals surface area contributed by atoms with Gasteiger partial charge in [0, 0.05) is 6.20 Å². The molecule has 16 heavy (non-hydrogen) atoms. The first-order chi connectivity index (χ1) is 7.69. The zero-order valence-electron chi connectivity index (χ0n) is 9.55. The summed E-state index contributed by atoms with van der Waals surface area (Å²) in [6, 6.07) is 3.51. The van der Waals surface area contributed by atoms with Gasteiger partial charge in [-0.15, -0.1) is 0 Å². The lowest BCUT2D eigenvalue weighted by atomic mass is 10.2. The number of nitrogens with two attached hydrogens (primary N) is 1. The van der Waals surface area contributed by atoms with Gasteiger partial charge in [0.15, 0.2) is 11.5 Å². The Morgan fingerprint density at radius 2 is 2.44 bits per heavy atom. The van der Waals surface area contributed by atoms with Crippen molar-refractivity contribution in [2.45, 2.75) is 32.8 Å². The molecule has 0 aliphatic carbocycles. The Kier molecular flexibility index (Phi) is 4.57. The smallest absolute Gasteiger partial charge is 0.192 e. The van der Waals surface area contributed by atoms with Gasteiger partial charge in [0.25, 0.3) is 0 Å². The summed E-state index contributed by atoms with van der Waals surface area (Å²) in [5.74, 6) is 0.498. The topological polar surface area (TPSA) is 80.7 Å². The minimum atomic E-state index is -0.0423. The highest BCUT2D eigenvalue weighted by atomic mass is 16.5. The quantitative estimate of drug-likeness (QED) is 0.345. The third-order valence-corrected chi connectivity index (χ3v) is 2.14. The van der Waals surface area contributed by atoms with Gasteiger partial charge >= 0.3 is 0 Å². The summed E-state index contributed by atoms with van der Waals surface area (Å²) < 4.78 is 5.67. The molecule has 1 unspecified atom stereocenters. The molecule has 3 N–H and O–H groups in total. The summed E-state index contributed by atoms with van der Waals surface area (Å²) in [6.07, 6.45) is 3.65. The van der Waals surface area contributed by atoms with Gasteiger partial charge in [-0.1, -0.05) is 18.5 Å². The van der Waals surface area contributed by atoms with Crippen LogP contribution in [-0.2, 0) is 0 Å². The maximum absolute atomic E-state index is 8.62. The molecule has 0 bridgehead atoms. The molecule has 1 rings (SSSR count). The molecular formula is C11H17N3O2. The first-order valence-corrected chi connectivity index (χ1v) is 5.28. The lowest BCUT2D eigenvalue weighted by molar-refractivity contribution is 0.208. The highest BCUT2D eigenvalue weighted by Gasteiger charge is 2.11. The molecule has 0 aliphatic rings. The molecule has 0 aliphatic heterocycles. The Morgan fingerprint density at radius 1 is 1.69 bits per heavy atom. The summed E-state index contributed by atoms with van der Waals surface area (Å²) in [5.41, 5.74) is 5.87. The lowest BCUT2D eigenvalue weighted by Crippen LogP contribution is -2.19. The molecule has 0 amide bonds. The molecular weight excluding hydrogens is 206 g/mol. The fraction of sp³-hybridized carbons (Fsp3) is 0.455. The van der Waals surface area contributed by atoms with Crippen molar-refractivity contribution in [3.63, 3.8) is 0 Å². The van der Waals surface area contributed by atoms with Crippen molar-refractivity contribution in [1.82, 2.24) is 4.98 Å². The molecule has 0 radical (unpaired) electrons. The number of pyridine rings is 1. The van der Waals surface area contributed by atoms with Crippen LogP contribution in [0.4, 0.5) is 0 Å². The van der Waals surface area contributed by atoms with Crippen LogP contribution in [-0.4, -0.2) is 22.1 Å². The highest BCUT2D eigenvalue weighted by Crippen LogP contribution is 2.17. The van der Waals surface area contributed by atoms with E-state index in [1.807, 2.05) is 6.92 Å². The van der Waals surface area contributed by atoms with Crippen LogP contribution in [0.5, 0.6) is 5.75 Å². The van der Waals surface area contributed by atoms with E-state index in [4.69, 9.17) is 15.7 Å². The van der Waals surface area contributed by atoms with E-state index in [-0.39, 0.29) is 11.9 Å². The predicted molar refractivity (Wildman–Crippen MR) is 61.7 cm³/mol. The molecule has 1 atom stereocenters. The molecule has 0 aromatic carbocycles. The number of oxime groups is 1. The third kappa shape index (κ3) is 3.12. The third-order valence-electron chi connectivity index (χ3n) is 2.14. The largest absolute Gasteiger partial charge is 0.488 e. The number of nitrogens with zero attached hydrogens (tertiary/aromatic N) is 2. The van der Waals surface area contributed by atoms with Crippen LogP contribution in [0.25, 0.3) is 0 Å². The van der Waals surface area contributed by atoms with Gasteiger partial charge < -0.3 is 15.7 Å². The highest BCUT2D eigenvalue weighted by molar-refractivity contribution is 5.97. The summed E-state index contributed by atoms with van der Waals surface area (Å²) in [6.45, 7) is 4.07. The van der Waals surface area contributed by atoms with Crippen LogP contribution in [0.1, 0.15) is 32.4 Å². The van der Waals surface area contributed by atoms with Gasteiger partial charge in [0.2, 0.25) is 0 Å². The minimum absolute atomic E-state index is 0.0423. The molecule has 1 aromatic heterocycles. The van der Waals surface area contributed by atoms with E-state index in [0.717, 1.165) is 12.8 Å². The van der Waals surface area contributed by atoms with Gasteiger partial charge in [0.1, 0.15) is 5.75 Å². The standard InChI is InChI=1S/C11H17N3O2/c1-3-5-8(2)16-9-6-4-7-13-10(9)11(12)14-15/h4,6-8,15H,3,5H2,1-2H3,(H2,12,14). The van der Waals surface area contributed by atoms with E-state index in [1.54, 1.807) is 18.3 Å². The van der Waals surface area contributed by atoms with E-state index >= 15 is 0 Å². The maximum Gasteiger partial charge on any atom is 0.192 e. The molecule has 88 valence electrons. The Labute approximate surface area is 94.9 Å². The minimum Gasteiger partial charge on any atom is -0.488 e. The number of amidine groups is 1. The van der Waals surface area contributed by atoms with Gasteiger partial charge in [0.05, 0.1) is 6.10 Å². The van der Waals surface area contributed by atoms with Crippen molar-refractivity contribution in [3.8, 4) is 5.75 Å². The molecule has 0 fully saturated rings. The summed E-state index contributed by atoms with van der Waals surface area (Å²) in [7, 11) is 0. The number of hydrogen-bond donors (Lipinski definition) is 2. The Morgan fingerprint density at radius 3 is 3.06 bits per heavy atom. The Bertz CT molecular complexity index is 366. The van der Waals surface area contributed by atoms with Crippen molar-refractivity contribution in [2.75, 3.05) is 0 Å². The van der Waals surface area contributed by atoms with E-state index < -0.39 is 0 Å². The fourth-order valence-electron chi connectivity index (χ4n) is 1.41. The van der Waals surface area contributed by atoms with Crippen LogP contribution in [0.3, 0.4) is 0 Å². The van der Waals surface area contributed by atoms with Crippen LogP contribution in [0.15, 0.2) is 23.5 Å². The van der Waals surface area contributed by atoms with Crippen LogP contribution < -0.4 is 10.5 Å². The SMILES string of the molecule is CCCC(C)Oc1cccnc1/C(N)=N/O. The van der Waals surface area contributed by atoms with Crippen molar-refractivity contribution in [3.05, 3.63) is 24.0 Å². The molecule has 5 heteroatoms. The molecule has 0 spiro atoms. The van der Waals surface area contributed by atoms with Crippen molar-refractivity contribution in [1.29, 1.82) is 0 Å². The zero-order chi connectivity index (χ0) is 12.0. The second kappa shape index (κ2) is 5.95. The first kappa shape index (κ1) is 12.3. The normalized spacial score (nSPS) is 13.5. The second-order valence-corrected chi connectivity index (χ2v) is 3.55. The van der Waals surface area contributed by atoms with Crippen LogP contribution in [0, 0.1) is 0 Å². The molecule has 1 heterocycles. The monoisotopic (exact) mass is 223 g/mol. The average molecular weight is 223 g/mol. The predicted octanol–water partition coefficient (Wildman–Crippen LogP) is 1.74. The van der Waals surface area contributed by atoms with Crippen LogP contribution >= 0.6 is 0 Å². The van der Waals surface area contributed by atoms with Crippen molar-refractivity contribution in [2.24, 2.45) is 10.9 Å². The lowest BCUT2D eigenvalue weighted by Gasteiger charge is -2.15. The molecule has 1 aromatic rings. The van der Waals surface area contributed by atoms with Gasteiger partial charge in [-0.05, 0) is 25.5 Å². The Hall–Kier alpha value is -1.78. The first-order valence-electron chi connectivity index (χ1n) is 5.28. The summed E-state index contributed by atoms with van der Waals surface area (Å²) >= 11 is 0. The number of rotatable bonds is 5. The zero-order valence-corrected chi connectivity index (χ0v) is 9.55. The van der Waals surface area contributed by atoms with E-state index in [9.17, 15) is 0 Å². The van der Waals surface area contributed by atoms with E-state index in [0.29, 0.717) is 11.4 Å². The van der Waals surface area contributed by atoms with Crippen molar-refractivity contribution < 1.29 is 9.94 Å². The average Bonchev–Trinajstić information content (AvgIpc) is 2.29. The maximum atomic E-state index is 8.62.